The van der Waals surface area contributed by atoms with E-state index in [2.05, 4.69) is 37.9 Å². The fraction of sp³-hybridized carbons (Fsp3) is 1.00. The summed E-state index contributed by atoms with van der Waals surface area (Å²) >= 11 is 0. The molecule has 0 aromatic heterocycles. The topological polar surface area (TPSA) is 15.3 Å². The van der Waals surface area contributed by atoms with E-state index in [0.717, 1.165) is 17.9 Å². The molecule has 0 aromatic rings. The quantitative estimate of drug-likeness (QED) is 0.100. The van der Waals surface area contributed by atoms with E-state index < -0.39 is 0 Å². The Balaban J connectivity index is 1.66. The van der Waals surface area contributed by atoms with Crippen molar-refractivity contribution in [3.8, 4) is 0 Å². The third-order valence-corrected chi connectivity index (χ3v) is 10.7. The van der Waals surface area contributed by atoms with Gasteiger partial charge < -0.3 is 10.2 Å². The number of likely N-dealkylation sites (tertiary alicyclic amines) is 1. The summed E-state index contributed by atoms with van der Waals surface area (Å²) < 4.78 is 0. The van der Waals surface area contributed by atoms with Gasteiger partial charge in [0, 0.05) is 25.7 Å². The van der Waals surface area contributed by atoms with Crippen molar-refractivity contribution >= 4 is 0 Å². The van der Waals surface area contributed by atoms with Crippen molar-refractivity contribution in [1.29, 1.82) is 0 Å². The zero-order valence-electron chi connectivity index (χ0n) is 28.4. The molecule has 1 heterocycles. The number of rotatable bonds is 27. The van der Waals surface area contributed by atoms with Crippen molar-refractivity contribution in [1.82, 2.24) is 10.2 Å². The molecule has 0 radical (unpaired) electrons. The first-order valence-electron chi connectivity index (χ1n) is 19.1. The van der Waals surface area contributed by atoms with Crippen molar-refractivity contribution in [3.05, 3.63) is 0 Å². The molecule has 1 N–H and O–H groups in total. The van der Waals surface area contributed by atoms with Crippen LogP contribution in [0.1, 0.15) is 195 Å². The average Bonchev–Trinajstić information content (AvgIpc) is 2.95. The van der Waals surface area contributed by atoms with Crippen LogP contribution in [-0.4, -0.2) is 37.1 Å². The molecule has 1 atom stereocenters. The molecule has 1 aliphatic carbocycles. The third kappa shape index (κ3) is 16.0. The average molecular weight is 561 g/mol. The molecule has 2 aliphatic rings. The first kappa shape index (κ1) is 36.1. The summed E-state index contributed by atoms with van der Waals surface area (Å²) in [5.41, 5.74) is 0.698. The molecule has 1 saturated carbocycles. The fourth-order valence-electron chi connectivity index (χ4n) is 7.92. The van der Waals surface area contributed by atoms with Crippen molar-refractivity contribution in [2.45, 2.75) is 201 Å². The van der Waals surface area contributed by atoms with Gasteiger partial charge in [-0.2, -0.15) is 0 Å². The van der Waals surface area contributed by atoms with E-state index in [1.807, 2.05) is 0 Å². The molecule has 2 nitrogen and oxygen atoms in total. The second-order valence-electron chi connectivity index (χ2n) is 14.7. The minimum atomic E-state index is 0.698. The Morgan fingerprint density at radius 1 is 0.575 bits per heavy atom. The molecule has 0 bridgehead atoms. The van der Waals surface area contributed by atoms with E-state index in [4.69, 9.17) is 0 Å². The summed E-state index contributed by atoms with van der Waals surface area (Å²) in [5.74, 6) is 1.90. The van der Waals surface area contributed by atoms with Gasteiger partial charge in [0.15, 0.2) is 0 Å². The Morgan fingerprint density at radius 3 is 1.50 bits per heavy atom. The van der Waals surface area contributed by atoms with E-state index in [1.54, 1.807) is 0 Å². The minimum absolute atomic E-state index is 0.698. The van der Waals surface area contributed by atoms with Gasteiger partial charge in [0.05, 0.1) is 0 Å². The van der Waals surface area contributed by atoms with E-state index in [1.165, 1.54) is 193 Å². The number of unbranched alkanes of at least 4 members (excludes halogenated alkanes) is 14. The van der Waals surface area contributed by atoms with Gasteiger partial charge in [-0.3, -0.25) is 0 Å². The number of hydrogen-bond acceptors (Lipinski definition) is 2. The van der Waals surface area contributed by atoms with Crippen molar-refractivity contribution in [2.75, 3.05) is 26.2 Å². The standard InChI is InChI=1S/C38H76N2/c1-5-9-13-16-20-24-36(23-19-12-8-4)32-40-33-38(34-40)29-27-35(28-30-38)31-39-37(25-21-17-14-10-6-2)26-22-18-15-11-7-3/h35-37,39H,5-34H2,1-4H3. The van der Waals surface area contributed by atoms with E-state index in [9.17, 15) is 0 Å². The van der Waals surface area contributed by atoms with E-state index >= 15 is 0 Å². The van der Waals surface area contributed by atoms with E-state index in [0.29, 0.717) is 5.41 Å². The minimum Gasteiger partial charge on any atom is -0.314 e. The molecular formula is C38H76N2. The monoisotopic (exact) mass is 561 g/mol. The highest BCUT2D eigenvalue weighted by Crippen LogP contribution is 2.46. The Bertz CT molecular complexity index is 530. The molecule has 1 saturated heterocycles. The number of nitrogens with zero attached hydrogens (tertiary/aromatic N) is 1. The maximum Gasteiger partial charge on any atom is 0.00671 e. The maximum absolute atomic E-state index is 4.12. The van der Waals surface area contributed by atoms with Gasteiger partial charge in [0.1, 0.15) is 0 Å². The molecule has 0 amide bonds. The summed E-state index contributed by atoms with van der Waals surface area (Å²) in [6, 6.07) is 0.782. The lowest BCUT2D eigenvalue weighted by Gasteiger charge is -2.54. The molecule has 1 unspecified atom stereocenters. The molecule has 238 valence electrons. The van der Waals surface area contributed by atoms with Crippen molar-refractivity contribution in [3.63, 3.8) is 0 Å². The Morgan fingerprint density at radius 2 is 1.00 bits per heavy atom. The van der Waals surface area contributed by atoms with Crippen molar-refractivity contribution < 1.29 is 0 Å². The first-order chi connectivity index (χ1) is 19.6. The predicted octanol–water partition coefficient (Wildman–Crippen LogP) is 11.7. The van der Waals surface area contributed by atoms with Crippen LogP contribution < -0.4 is 5.32 Å². The molecule has 0 aromatic carbocycles. The molecule has 1 spiro atoms. The summed E-state index contributed by atoms with van der Waals surface area (Å²) in [6.45, 7) is 14.9. The van der Waals surface area contributed by atoms with E-state index in [-0.39, 0.29) is 0 Å². The van der Waals surface area contributed by atoms with Crippen LogP contribution in [0.3, 0.4) is 0 Å². The molecular weight excluding hydrogens is 484 g/mol. The van der Waals surface area contributed by atoms with Crippen LogP contribution in [0, 0.1) is 17.3 Å². The third-order valence-electron chi connectivity index (χ3n) is 10.7. The van der Waals surface area contributed by atoms with Crippen molar-refractivity contribution in [2.24, 2.45) is 17.3 Å². The SMILES string of the molecule is CCCCCCCC(CCCCC)CN1CC2(CCC(CNC(CCCCCCC)CCCCCCC)CC2)C1. The molecule has 2 rings (SSSR count). The van der Waals surface area contributed by atoms with Crippen LogP contribution in [0.15, 0.2) is 0 Å². The smallest absolute Gasteiger partial charge is 0.00671 e. The lowest BCUT2D eigenvalue weighted by atomic mass is 9.65. The maximum atomic E-state index is 4.12. The lowest BCUT2D eigenvalue weighted by Crippen LogP contribution is -2.58. The Hall–Kier alpha value is -0.0800. The molecule has 1 aliphatic heterocycles. The van der Waals surface area contributed by atoms with Gasteiger partial charge in [-0.05, 0) is 75.2 Å². The summed E-state index contributed by atoms with van der Waals surface area (Å²) in [7, 11) is 0. The van der Waals surface area contributed by atoms with Gasteiger partial charge in [0.25, 0.3) is 0 Å². The van der Waals surface area contributed by atoms with Crippen LogP contribution in [0.2, 0.25) is 0 Å². The highest BCUT2D eigenvalue weighted by molar-refractivity contribution is 4.98. The Labute approximate surface area is 254 Å². The second kappa shape index (κ2) is 23.4. The number of hydrogen-bond donors (Lipinski definition) is 1. The van der Waals surface area contributed by atoms with Gasteiger partial charge in [-0.1, -0.05) is 143 Å². The predicted molar refractivity (Wildman–Crippen MR) is 180 cm³/mol. The van der Waals surface area contributed by atoms with Crippen LogP contribution in [0.5, 0.6) is 0 Å². The first-order valence-corrected chi connectivity index (χ1v) is 19.1. The van der Waals surface area contributed by atoms with Crippen LogP contribution in [-0.2, 0) is 0 Å². The Kier molecular flexibility index (Phi) is 21.1. The van der Waals surface area contributed by atoms with Gasteiger partial charge >= 0.3 is 0 Å². The number of nitrogens with one attached hydrogen (secondary N) is 1. The van der Waals surface area contributed by atoms with Crippen LogP contribution in [0.4, 0.5) is 0 Å². The molecule has 2 fully saturated rings. The zero-order chi connectivity index (χ0) is 28.7. The lowest BCUT2D eigenvalue weighted by molar-refractivity contribution is -0.0469. The largest absolute Gasteiger partial charge is 0.314 e. The van der Waals surface area contributed by atoms with Crippen LogP contribution in [0.25, 0.3) is 0 Å². The second-order valence-corrected chi connectivity index (χ2v) is 14.7. The normalized spacial score (nSPS) is 18.5. The zero-order valence-corrected chi connectivity index (χ0v) is 28.4. The molecule has 2 heteroatoms. The van der Waals surface area contributed by atoms with Gasteiger partial charge in [0.2, 0.25) is 0 Å². The fourth-order valence-corrected chi connectivity index (χ4v) is 7.92. The summed E-state index contributed by atoms with van der Waals surface area (Å²) in [5, 5.41) is 4.12. The van der Waals surface area contributed by atoms with Crippen LogP contribution >= 0.6 is 0 Å². The molecule has 40 heavy (non-hydrogen) atoms. The highest BCUT2D eigenvalue weighted by Gasteiger charge is 2.45. The van der Waals surface area contributed by atoms with Gasteiger partial charge in [-0.15, -0.1) is 0 Å². The highest BCUT2D eigenvalue weighted by atomic mass is 15.2. The summed E-state index contributed by atoms with van der Waals surface area (Å²) in [4.78, 5) is 2.87. The van der Waals surface area contributed by atoms with Gasteiger partial charge in [-0.25, -0.2) is 0 Å². The summed E-state index contributed by atoms with van der Waals surface area (Å²) in [6.07, 6.45) is 37.5.